The van der Waals surface area contributed by atoms with Crippen LogP contribution in [0.1, 0.15) is 32.8 Å². The molecule has 0 fully saturated rings. The molecule has 1 rings (SSSR count). The van der Waals surface area contributed by atoms with Gasteiger partial charge in [0.25, 0.3) is 0 Å². The van der Waals surface area contributed by atoms with Crippen LogP contribution < -0.4 is 4.74 Å². The lowest BCUT2D eigenvalue weighted by Crippen LogP contribution is -2.31. The van der Waals surface area contributed by atoms with Crippen LogP contribution in [-0.2, 0) is 6.54 Å². The number of phenolic OH excluding ortho intramolecular Hbond substituents is 1. The molecule has 0 aliphatic rings. The molecule has 0 amide bonds. The second-order valence-electron chi connectivity index (χ2n) is 4.45. The first kappa shape index (κ1) is 15.1. The predicted octanol–water partition coefficient (Wildman–Crippen LogP) is 3.67. The van der Waals surface area contributed by atoms with Crippen molar-refractivity contribution >= 4 is 11.6 Å². The van der Waals surface area contributed by atoms with Crippen LogP contribution in [0.4, 0.5) is 0 Å². The third-order valence-corrected chi connectivity index (χ3v) is 3.60. The Labute approximate surface area is 114 Å². The molecule has 1 N–H and O–H groups in total. The van der Waals surface area contributed by atoms with E-state index in [-0.39, 0.29) is 5.75 Å². The molecule has 0 bridgehead atoms. The summed E-state index contributed by atoms with van der Waals surface area (Å²) in [5.74, 6) is 0.437. The first-order valence-corrected chi connectivity index (χ1v) is 6.70. The minimum absolute atomic E-state index is 0.00880. The summed E-state index contributed by atoms with van der Waals surface area (Å²) in [6.45, 7) is 8.32. The molecule has 4 heteroatoms. The number of hydrogen-bond acceptors (Lipinski definition) is 3. The Morgan fingerprint density at radius 1 is 1.39 bits per heavy atom. The average Bonchev–Trinajstić information content (AvgIpc) is 2.38. The first-order valence-electron chi connectivity index (χ1n) is 6.32. The summed E-state index contributed by atoms with van der Waals surface area (Å²) in [5, 5.41) is 10.0. The van der Waals surface area contributed by atoms with Gasteiger partial charge in [-0.3, -0.25) is 4.90 Å². The SMILES string of the molecule is CCC(C)N(CC)Cc1cc(Cl)c(O)c(OC)c1. The van der Waals surface area contributed by atoms with Crippen LogP contribution in [0.2, 0.25) is 5.02 Å². The van der Waals surface area contributed by atoms with Crippen molar-refractivity contribution in [2.24, 2.45) is 0 Å². The number of nitrogens with zero attached hydrogens (tertiary/aromatic N) is 1. The second kappa shape index (κ2) is 6.86. The molecule has 0 saturated carbocycles. The Kier molecular flexibility index (Phi) is 5.76. The Hall–Kier alpha value is -0.930. The molecule has 18 heavy (non-hydrogen) atoms. The number of halogens is 1. The molecule has 0 spiro atoms. The van der Waals surface area contributed by atoms with Gasteiger partial charge >= 0.3 is 0 Å². The van der Waals surface area contributed by atoms with Gasteiger partial charge in [0, 0.05) is 12.6 Å². The van der Waals surface area contributed by atoms with Crippen LogP contribution in [0.5, 0.6) is 11.5 Å². The largest absolute Gasteiger partial charge is 0.503 e. The maximum Gasteiger partial charge on any atom is 0.176 e. The molecule has 102 valence electrons. The van der Waals surface area contributed by atoms with Gasteiger partial charge in [-0.05, 0) is 37.6 Å². The van der Waals surface area contributed by atoms with Crippen molar-refractivity contribution in [3.63, 3.8) is 0 Å². The van der Waals surface area contributed by atoms with E-state index in [1.54, 1.807) is 6.07 Å². The van der Waals surface area contributed by atoms with Crippen molar-refractivity contribution in [1.29, 1.82) is 0 Å². The lowest BCUT2D eigenvalue weighted by Gasteiger charge is -2.27. The van der Waals surface area contributed by atoms with Crippen molar-refractivity contribution in [2.75, 3.05) is 13.7 Å². The topological polar surface area (TPSA) is 32.7 Å². The average molecular weight is 272 g/mol. The van der Waals surface area contributed by atoms with Gasteiger partial charge in [-0.15, -0.1) is 0 Å². The van der Waals surface area contributed by atoms with E-state index in [1.807, 2.05) is 6.07 Å². The second-order valence-corrected chi connectivity index (χ2v) is 4.86. The van der Waals surface area contributed by atoms with E-state index < -0.39 is 0 Å². The summed E-state index contributed by atoms with van der Waals surface area (Å²) in [5.41, 5.74) is 1.05. The Bertz CT molecular complexity index is 396. The van der Waals surface area contributed by atoms with Crippen LogP contribution in [0, 0.1) is 0 Å². The number of rotatable bonds is 6. The van der Waals surface area contributed by atoms with Gasteiger partial charge in [-0.2, -0.15) is 0 Å². The molecule has 3 nitrogen and oxygen atoms in total. The molecular weight excluding hydrogens is 250 g/mol. The van der Waals surface area contributed by atoms with Crippen LogP contribution >= 0.6 is 11.6 Å². The smallest absolute Gasteiger partial charge is 0.176 e. The number of benzene rings is 1. The molecule has 1 aromatic rings. The molecular formula is C14H22ClNO2. The van der Waals surface area contributed by atoms with Gasteiger partial charge in [-0.25, -0.2) is 0 Å². The fourth-order valence-electron chi connectivity index (χ4n) is 1.95. The van der Waals surface area contributed by atoms with E-state index in [0.29, 0.717) is 16.8 Å². The summed E-state index contributed by atoms with van der Waals surface area (Å²) >= 11 is 5.99. The summed E-state index contributed by atoms with van der Waals surface area (Å²) in [6.07, 6.45) is 1.11. The summed E-state index contributed by atoms with van der Waals surface area (Å²) in [7, 11) is 1.53. The number of phenols is 1. The molecule has 0 aromatic heterocycles. The summed E-state index contributed by atoms with van der Waals surface area (Å²) < 4.78 is 5.12. The highest BCUT2D eigenvalue weighted by Crippen LogP contribution is 2.35. The highest BCUT2D eigenvalue weighted by Gasteiger charge is 2.14. The normalized spacial score (nSPS) is 12.8. The Morgan fingerprint density at radius 3 is 2.56 bits per heavy atom. The Balaban J connectivity index is 2.93. The minimum atomic E-state index is 0.00880. The fraction of sp³-hybridized carbons (Fsp3) is 0.571. The quantitative estimate of drug-likeness (QED) is 0.857. The lowest BCUT2D eigenvalue weighted by atomic mass is 10.1. The number of hydrogen-bond donors (Lipinski definition) is 1. The van der Waals surface area contributed by atoms with Crippen LogP contribution in [0.3, 0.4) is 0 Å². The van der Waals surface area contributed by atoms with Gasteiger partial charge in [0.1, 0.15) is 0 Å². The first-order chi connectivity index (χ1) is 8.53. The van der Waals surface area contributed by atoms with Crippen molar-refractivity contribution in [3.05, 3.63) is 22.7 Å². The molecule has 1 unspecified atom stereocenters. The molecule has 1 atom stereocenters. The predicted molar refractivity (Wildman–Crippen MR) is 75.5 cm³/mol. The molecule has 0 aliphatic heterocycles. The van der Waals surface area contributed by atoms with E-state index in [4.69, 9.17) is 16.3 Å². The number of methoxy groups -OCH3 is 1. The van der Waals surface area contributed by atoms with Crippen LogP contribution in [0.25, 0.3) is 0 Å². The van der Waals surface area contributed by atoms with Crippen LogP contribution in [0.15, 0.2) is 12.1 Å². The van der Waals surface area contributed by atoms with Crippen molar-refractivity contribution in [1.82, 2.24) is 4.90 Å². The standard InChI is InChI=1S/C14H22ClNO2/c1-5-10(3)16(6-2)9-11-7-12(15)14(17)13(8-11)18-4/h7-8,10,17H,5-6,9H2,1-4H3. The molecule has 0 aliphatic carbocycles. The third kappa shape index (κ3) is 3.53. The molecule has 1 aromatic carbocycles. The van der Waals surface area contributed by atoms with E-state index in [9.17, 15) is 5.11 Å². The van der Waals surface area contributed by atoms with E-state index in [2.05, 4.69) is 25.7 Å². The van der Waals surface area contributed by atoms with Gasteiger partial charge in [-0.1, -0.05) is 25.4 Å². The minimum Gasteiger partial charge on any atom is -0.503 e. The van der Waals surface area contributed by atoms with Crippen molar-refractivity contribution < 1.29 is 9.84 Å². The fourth-order valence-corrected chi connectivity index (χ4v) is 2.18. The number of ether oxygens (including phenoxy) is 1. The van der Waals surface area contributed by atoms with Crippen molar-refractivity contribution in [2.45, 2.75) is 39.8 Å². The van der Waals surface area contributed by atoms with E-state index in [1.165, 1.54) is 7.11 Å². The summed E-state index contributed by atoms with van der Waals surface area (Å²) in [6, 6.07) is 4.16. The van der Waals surface area contributed by atoms with Crippen molar-refractivity contribution in [3.8, 4) is 11.5 Å². The summed E-state index contributed by atoms with van der Waals surface area (Å²) in [4.78, 5) is 2.36. The lowest BCUT2D eigenvalue weighted by molar-refractivity contribution is 0.206. The maximum atomic E-state index is 9.70. The van der Waals surface area contributed by atoms with Crippen LogP contribution in [-0.4, -0.2) is 29.7 Å². The van der Waals surface area contributed by atoms with Gasteiger partial charge in [0.05, 0.1) is 12.1 Å². The zero-order chi connectivity index (χ0) is 13.7. The highest BCUT2D eigenvalue weighted by atomic mass is 35.5. The van der Waals surface area contributed by atoms with Gasteiger partial charge in [0.15, 0.2) is 11.5 Å². The number of aromatic hydroxyl groups is 1. The molecule has 0 saturated heterocycles. The molecule has 0 heterocycles. The maximum absolute atomic E-state index is 9.70. The highest BCUT2D eigenvalue weighted by molar-refractivity contribution is 6.32. The molecule has 0 radical (unpaired) electrons. The Morgan fingerprint density at radius 2 is 2.06 bits per heavy atom. The third-order valence-electron chi connectivity index (χ3n) is 3.31. The zero-order valence-electron chi connectivity index (χ0n) is 11.5. The monoisotopic (exact) mass is 271 g/mol. The zero-order valence-corrected chi connectivity index (χ0v) is 12.3. The van der Waals surface area contributed by atoms with E-state index >= 15 is 0 Å². The van der Waals surface area contributed by atoms with E-state index in [0.717, 1.165) is 25.1 Å². The van der Waals surface area contributed by atoms with Gasteiger partial charge in [0.2, 0.25) is 0 Å². The van der Waals surface area contributed by atoms with Gasteiger partial charge < -0.3 is 9.84 Å².